The molecule has 0 saturated heterocycles. The molecule has 1 aromatic carbocycles. The highest BCUT2D eigenvalue weighted by atomic mass is 16.4. The van der Waals surface area contributed by atoms with E-state index in [9.17, 15) is 4.79 Å². The molecule has 0 aliphatic rings. The Morgan fingerprint density at radius 2 is 1.95 bits per heavy atom. The van der Waals surface area contributed by atoms with Crippen LogP contribution in [0.1, 0.15) is 50.2 Å². The van der Waals surface area contributed by atoms with Crippen LogP contribution in [0.3, 0.4) is 0 Å². The standard InChI is InChI=1S/C17H27NO3/c1-3-13(2)15-7-5-14(6-8-15)11-16(12-17(20)21)18-9-4-10-19/h5-8,13,16,18-19H,3-4,9-12H2,1-2H3,(H,20,21). The maximum absolute atomic E-state index is 10.9. The molecular weight excluding hydrogens is 266 g/mol. The first-order valence-electron chi connectivity index (χ1n) is 7.71. The lowest BCUT2D eigenvalue weighted by Gasteiger charge is -2.17. The molecule has 2 atom stereocenters. The number of rotatable bonds is 10. The van der Waals surface area contributed by atoms with E-state index in [2.05, 4.69) is 43.4 Å². The third kappa shape index (κ3) is 6.74. The van der Waals surface area contributed by atoms with E-state index in [1.807, 2.05) is 0 Å². The lowest BCUT2D eigenvalue weighted by molar-refractivity contribution is -0.137. The van der Waals surface area contributed by atoms with Crippen LogP contribution in [0.4, 0.5) is 0 Å². The SMILES string of the molecule is CCC(C)c1ccc(CC(CC(=O)O)NCCCO)cc1. The average Bonchev–Trinajstić information content (AvgIpc) is 2.46. The summed E-state index contributed by atoms with van der Waals surface area (Å²) in [4.78, 5) is 10.9. The minimum atomic E-state index is -0.798. The van der Waals surface area contributed by atoms with Crippen molar-refractivity contribution in [2.75, 3.05) is 13.2 Å². The summed E-state index contributed by atoms with van der Waals surface area (Å²) in [6, 6.07) is 8.35. The van der Waals surface area contributed by atoms with Crippen LogP contribution in [-0.2, 0) is 11.2 Å². The van der Waals surface area contributed by atoms with Gasteiger partial charge in [-0.25, -0.2) is 0 Å². The van der Waals surface area contributed by atoms with E-state index >= 15 is 0 Å². The molecule has 0 fully saturated rings. The molecular formula is C17H27NO3. The topological polar surface area (TPSA) is 69.6 Å². The number of aliphatic hydroxyl groups excluding tert-OH is 1. The Balaban J connectivity index is 2.62. The van der Waals surface area contributed by atoms with Crippen molar-refractivity contribution < 1.29 is 15.0 Å². The van der Waals surface area contributed by atoms with Gasteiger partial charge in [-0.3, -0.25) is 4.79 Å². The van der Waals surface area contributed by atoms with Crippen LogP contribution in [0.2, 0.25) is 0 Å². The van der Waals surface area contributed by atoms with Crippen molar-refractivity contribution >= 4 is 5.97 Å². The Morgan fingerprint density at radius 3 is 2.48 bits per heavy atom. The van der Waals surface area contributed by atoms with Gasteiger partial charge < -0.3 is 15.5 Å². The number of hydrogen-bond acceptors (Lipinski definition) is 3. The molecule has 118 valence electrons. The number of aliphatic hydroxyl groups is 1. The molecule has 3 N–H and O–H groups in total. The zero-order valence-corrected chi connectivity index (χ0v) is 13.0. The molecule has 4 nitrogen and oxygen atoms in total. The number of benzene rings is 1. The minimum absolute atomic E-state index is 0.0940. The largest absolute Gasteiger partial charge is 0.481 e. The Kier molecular flexibility index (Phi) is 8.01. The molecule has 2 unspecified atom stereocenters. The normalized spacial score (nSPS) is 13.9. The number of aliphatic carboxylic acids is 1. The lowest BCUT2D eigenvalue weighted by Crippen LogP contribution is -2.34. The number of carboxylic acids is 1. The fourth-order valence-electron chi connectivity index (χ4n) is 2.32. The Hall–Kier alpha value is -1.39. The molecule has 0 saturated carbocycles. The van der Waals surface area contributed by atoms with Gasteiger partial charge in [0.15, 0.2) is 0 Å². The smallest absolute Gasteiger partial charge is 0.304 e. The second-order valence-corrected chi connectivity index (χ2v) is 5.58. The van der Waals surface area contributed by atoms with Crippen molar-refractivity contribution in [2.45, 2.75) is 51.5 Å². The Bertz CT molecular complexity index is 417. The van der Waals surface area contributed by atoms with E-state index in [-0.39, 0.29) is 19.1 Å². The van der Waals surface area contributed by atoms with Crippen LogP contribution in [0.15, 0.2) is 24.3 Å². The predicted octanol–water partition coefficient (Wildman–Crippen LogP) is 2.56. The van der Waals surface area contributed by atoms with Gasteiger partial charge in [0, 0.05) is 12.6 Å². The van der Waals surface area contributed by atoms with Crippen molar-refractivity contribution in [1.82, 2.24) is 5.32 Å². The molecule has 0 aliphatic heterocycles. The fourth-order valence-corrected chi connectivity index (χ4v) is 2.32. The molecule has 0 bridgehead atoms. The molecule has 21 heavy (non-hydrogen) atoms. The highest BCUT2D eigenvalue weighted by Crippen LogP contribution is 2.19. The number of nitrogens with one attached hydrogen (secondary N) is 1. The first-order chi connectivity index (χ1) is 10.1. The van der Waals surface area contributed by atoms with Gasteiger partial charge >= 0.3 is 5.97 Å². The zero-order valence-electron chi connectivity index (χ0n) is 13.0. The van der Waals surface area contributed by atoms with Crippen LogP contribution in [-0.4, -0.2) is 35.4 Å². The third-order valence-electron chi connectivity index (χ3n) is 3.83. The summed E-state index contributed by atoms with van der Waals surface area (Å²) < 4.78 is 0. The molecule has 4 heteroatoms. The van der Waals surface area contributed by atoms with Crippen LogP contribution in [0, 0.1) is 0 Å². The van der Waals surface area contributed by atoms with Crippen molar-refractivity contribution in [1.29, 1.82) is 0 Å². The van der Waals surface area contributed by atoms with E-state index in [0.29, 0.717) is 25.3 Å². The summed E-state index contributed by atoms with van der Waals surface area (Å²) >= 11 is 0. The van der Waals surface area contributed by atoms with E-state index in [1.54, 1.807) is 0 Å². The lowest BCUT2D eigenvalue weighted by atomic mass is 9.95. The Labute approximate surface area is 127 Å². The van der Waals surface area contributed by atoms with Crippen molar-refractivity contribution in [3.05, 3.63) is 35.4 Å². The van der Waals surface area contributed by atoms with Crippen molar-refractivity contribution in [2.24, 2.45) is 0 Å². The quantitative estimate of drug-likeness (QED) is 0.580. The van der Waals surface area contributed by atoms with Gasteiger partial charge in [0.25, 0.3) is 0 Å². The highest BCUT2D eigenvalue weighted by Gasteiger charge is 2.13. The van der Waals surface area contributed by atoms with Gasteiger partial charge in [0.05, 0.1) is 6.42 Å². The van der Waals surface area contributed by atoms with Gasteiger partial charge in [-0.05, 0) is 42.9 Å². The summed E-state index contributed by atoms with van der Waals surface area (Å²) in [5, 5.41) is 21.0. The van der Waals surface area contributed by atoms with Gasteiger partial charge in [-0.15, -0.1) is 0 Å². The van der Waals surface area contributed by atoms with Crippen LogP contribution in [0.25, 0.3) is 0 Å². The third-order valence-corrected chi connectivity index (χ3v) is 3.83. The van der Waals surface area contributed by atoms with Crippen molar-refractivity contribution in [3.63, 3.8) is 0 Å². The number of hydrogen-bond donors (Lipinski definition) is 3. The molecule has 1 rings (SSSR count). The molecule has 1 aromatic rings. The van der Waals surface area contributed by atoms with Gasteiger partial charge in [0.1, 0.15) is 0 Å². The van der Waals surface area contributed by atoms with E-state index in [4.69, 9.17) is 10.2 Å². The second kappa shape index (κ2) is 9.53. The summed E-state index contributed by atoms with van der Waals surface area (Å²) in [6.07, 6.45) is 2.55. The predicted molar refractivity (Wildman–Crippen MR) is 84.6 cm³/mol. The Morgan fingerprint density at radius 1 is 1.29 bits per heavy atom. The molecule has 0 radical (unpaired) electrons. The van der Waals surface area contributed by atoms with Gasteiger partial charge in [0.2, 0.25) is 0 Å². The van der Waals surface area contributed by atoms with Gasteiger partial charge in [-0.1, -0.05) is 38.1 Å². The molecule has 0 spiro atoms. The second-order valence-electron chi connectivity index (χ2n) is 5.58. The zero-order chi connectivity index (χ0) is 15.7. The molecule has 0 aromatic heterocycles. The highest BCUT2D eigenvalue weighted by molar-refractivity contribution is 5.67. The molecule has 0 aliphatic carbocycles. The van der Waals surface area contributed by atoms with Gasteiger partial charge in [-0.2, -0.15) is 0 Å². The molecule has 0 amide bonds. The number of carbonyl (C=O) groups is 1. The van der Waals surface area contributed by atoms with Crippen LogP contribution in [0.5, 0.6) is 0 Å². The maximum Gasteiger partial charge on any atom is 0.304 e. The van der Waals surface area contributed by atoms with E-state index in [0.717, 1.165) is 12.0 Å². The maximum atomic E-state index is 10.9. The summed E-state index contributed by atoms with van der Waals surface area (Å²) in [5.74, 6) is -0.246. The van der Waals surface area contributed by atoms with Crippen LogP contribution >= 0.6 is 0 Å². The van der Waals surface area contributed by atoms with E-state index < -0.39 is 5.97 Å². The fraction of sp³-hybridized carbons (Fsp3) is 0.588. The van der Waals surface area contributed by atoms with E-state index in [1.165, 1.54) is 5.56 Å². The minimum Gasteiger partial charge on any atom is -0.481 e. The first kappa shape index (κ1) is 17.7. The average molecular weight is 293 g/mol. The first-order valence-corrected chi connectivity index (χ1v) is 7.71. The summed E-state index contributed by atoms with van der Waals surface area (Å²) in [6.45, 7) is 5.14. The summed E-state index contributed by atoms with van der Waals surface area (Å²) in [7, 11) is 0. The van der Waals surface area contributed by atoms with Crippen molar-refractivity contribution in [3.8, 4) is 0 Å². The summed E-state index contributed by atoms with van der Waals surface area (Å²) in [5.41, 5.74) is 2.47. The number of carboxylic acid groups (broad SMARTS) is 1. The molecule has 0 heterocycles. The monoisotopic (exact) mass is 293 g/mol. The van der Waals surface area contributed by atoms with Crippen LogP contribution < -0.4 is 5.32 Å².